The Bertz CT molecular complexity index is 361. The third-order valence-electron chi connectivity index (χ3n) is 2.91. The molecule has 0 unspecified atom stereocenters. The van der Waals surface area contributed by atoms with Crippen LogP contribution in [-0.2, 0) is 6.42 Å². The summed E-state index contributed by atoms with van der Waals surface area (Å²) >= 11 is 12.1. The summed E-state index contributed by atoms with van der Waals surface area (Å²) in [7, 11) is 0. The third-order valence-corrected chi connectivity index (χ3v) is 3.50. The van der Waals surface area contributed by atoms with Gasteiger partial charge in [-0.25, -0.2) is 0 Å². The van der Waals surface area contributed by atoms with E-state index in [0.29, 0.717) is 5.02 Å². The summed E-state index contributed by atoms with van der Waals surface area (Å²) in [5, 5.41) is 4.83. The van der Waals surface area contributed by atoms with Crippen molar-refractivity contribution in [1.29, 1.82) is 0 Å². The van der Waals surface area contributed by atoms with Gasteiger partial charge in [-0.2, -0.15) is 0 Å². The number of hydrogen-bond donors (Lipinski definition) is 1. The van der Waals surface area contributed by atoms with E-state index in [0.717, 1.165) is 31.0 Å². The van der Waals surface area contributed by atoms with Gasteiger partial charge in [0, 0.05) is 10.0 Å². The first-order valence-corrected chi connectivity index (χ1v) is 6.85. The zero-order valence-electron chi connectivity index (χ0n) is 10.8. The second kappa shape index (κ2) is 6.63. The molecule has 0 aromatic heterocycles. The standard InChI is InChI=1S/C14H21Cl2N/c1-4-17-8-7-14(2,3)10-11-5-6-12(15)9-13(11)16/h5-6,9,17H,4,7-8,10H2,1-3H3. The van der Waals surface area contributed by atoms with E-state index in [1.807, 2.05) is 18.2 Å². The van der Waals surface area contributed by atoms with Crippen LogP contribution >= 0.6 is 23.2 Å². The van der Waals surface area contributed by atoms with Crippen molar-refractivity contribution in [2.45, 2.75) is 33.6 Å². The van der Waals surface area contributed by atoms with Crippen molar-refractivity contribution in [1.82, 2.24) is 5.32 Å². The highest BCUT2D eigenvalue weighted by molar-refractivity contribution is 6.35. The molecule has 0 fully saturated rings. The highest BCUT2D eigenvalue weighted by Gasteiger charge is 2.19. The fourth-order valence-electron chi connectivity index (χ4n) is 1.87. The molecule has 1 aromatic rings. The Morgan fingerprint density at radius 2 is 1.94 bits per heavy atom. The Hall–Kier alpha value is -0.240. The summed E-state index contributed by atoms with van der Waals surface area (Å²) in [6.45, 7) is 8.75. The van der Waals surface area contributed by atoms with Crippen LogP contribution in [0.5, 0.6) is 0 Å². The molecule has 1 aromatic carbocycles. The second-order valence-corrected chi connectivity index (χ2v) is 6.02. The van der Waals surface area contributed by atoms with Crippen molar-refractivity contribution in [3.05, 3.63) is 33.8 Å². The molecule has 0 spiro atoms. The van der Waals surface area contributed by atoms with Crippen LogP contribution in [0.15, 0.2) is 18.2 Å². The number of hydrogen-bond acceptors (Lipinski definition) is 1. The molecular weight excluding hydrogens is 253 g/mol. The van der Waals surface area contributed by atoms with E-state index in [1.54, 1.807) is 0 Å². The quantitative estimate of drug-likeness (QED) is 0.750. The average molecular weight is 274 g/mol. The lowest BCUT2D eigenvalue weighted by Gasteiger charge is -2.25. The molecule has 1 N–H and O–H groups in total. The van der Waals surface area contributed by atoms with E-state index >= 15 is 0 Å². The highest BCUT2D eigenvalue weighted by Crippen LogP contribution is 2.30. The van der Waals surface area contributed by atoms with Gasteiger partial charge in [0.1, 0.15) is 0 Å². The van der Waals surface area contributed by atoms with E-state index in [1.165, 1.54) is 5.56 Å². The lowest BCUT2D eigenvalue weighted by atomic mass is 9.82. The molecule has 0 saturated carbocycles. The van der Waals surface area contributed by atoms with Crippen molar-refractivity contribution in [2.75, 3.05) is 13.1 Å². The molecule has 96 valence electrons. The van der Waals surface area contributed by atoms with Crippen LogP contribution in [-0.4, -0.2) is 13.1 Å². The average Bonchev–Trinajstić information content (AvgIpc) is 2.22. The van der Waals surface area contributed by atoms with E-state index < -0.39 is 0 Å². The number of rotatable bonds is 6. The van der Waals surface area contributed by atoms with Crippen LogP contribution in [0.4, 0.5) is 0 Å². The zero-order chi connectivity index (χ0) is 12.9. The summed E-state index contributed by atoms with van der Waals surface area (Å²) in [5.74, 6) is 0. The van der Waals surface area contributed by atoms with Gasteiger partial charge < -0.3 is 5.32 Å². The SMILES string of the molecule is CCNCCC(C)(C)Cc1ccc(Cl)cc1Cl. The lowest BCUT2D eigenvalue weighted by Crippen LogP contribution is -2.24. The predicted molar refractivity (Wildman–Crippen MR) is 77.1 cm³/mol. The Labute approximate surface area is 115 Å². The molecule has 0 bridgehead atoms. The molecule has 17 heavy (non-hydrogen) atoms. The van der Waals surface area contributed by atoms with Crippen LogP contribution in [0, 0.1) is 5.41 Å². The monoisotopic (exact) mass is 273 g/mol. The molecule has 0 aliphatic rings. The van der Waals surface area contributed by atoms with Gasteiger partial charge in [0.05, 0.1) is 0 Å². The Balaban J connectivity index is 2.62. The Morgan fingerprint density at radius 3 is 2.53 bits per heavy atom. The van der Waals surface area contributed by atoms with Gasteiger partial charge in [-0.3, -0.25) is 0 Å². The fraction of sp³-hybridized carbons (Fsp3) is 0.571. The minimum atomic E-state index is 0.250. The molecule has 0 heterocycles. The third kappa shape index (κ3) is 5.29. The first kappa shape index (κ1) is 14.8. The van der Waals surface area contributed by atoms with Crippen molar-refractivity contribution < 1.29 is 0 Å². The Morgan fingerprint density at radius 1 is 1.24 bits per heavy atom. The van der Waals surface area contributed by atoms with E-state index in [-0.39, 0.29) is 5.41 Å². The molecule has 3 heteroatoms. The highest BCUT2D eigenvalue weighted by atomic mass is 35.5. The van der Waals surface area contributed by atoms with Crippen LogP contribution in [0.25, 0.3) is 0 Å². The van der Waals surface area contributed by atoms with Crippen molar-refractivity contribution in [3.8, 4) is 0 Å². The minimum absolute atomic E-state index is 0.250. The topological polar surface area (TPSA) is 12.0 Å². The van der Waals surface area contributed by atoms with Gasteiger partial charge in [-0.1, -0.05) is 50.0 Å². The largest absolute Gasteiger partial charge is 0.317 e. The minimum Gasteiger partial charge on any atom is -0.317 e. The van der Waals surface area contributed by atoms with Crippen LogP contribution in [0.2, 0.25) is 10.0 Å². The fourth-order valence-corrected chi connectivity index (χ4v) is 2.35. The molecule has 1 nitrogen and oxygen atoms in total. The molecule has 0 aliphatic carbocycles. The maximum Gasteiger partial charge on any atom is 0.0453 e. The number of halogens is 2. The zero-order valence-corrected chi connectivity index (χ0v) is 12.3. The molecule has 0 saturated heterocycles. The molecule has 0 aliphatic heterocycles. The second-order valence-electron chi connectivity index (χ2n) is 5.18. The summed E-state index contributed by atoms with van der Waals surface area (Å²) in [6.07, 6.45) is 2.12. The van der Waals surface area contributed by atoms with E-state index in [9.17, 15) is 0 Å². The van der Waals surface area contributed by atoms with Crippen molar-refractivity contribution in [2.24, 2.45) is 5.41 Å². The summed E-state index contributed by atoms with van der Waals surface area (Å²) in [6, 6.07) is 5.75. The van der Waals surface area contributed by atoms with Gasteiger partial charge in [0.15, 0.2) is 0 Å². The summed E-state index contributed by atoms with van der Waals surface area (Å²) in [4.78, 5) is 0. The first-order valence-electron chi connectivity index (χ1n) is 6.09. The summed E-state index contributed by atoms with van der Waals surface area (Å²) < 4.78 is 0. The summed E-state index contributed by atoms with van der Waals surface area (Å²) in [5.41, 5.74) is 1.43. The molecule has 0 radical (unpaired) electrons. The lowest BCUT2D eigenvalue weighted by molar-refractivity contribution is 0.327. The van der Waals surface area contributed by atoms with Gasteiger partial charge in [-0.15, -0.1) is 0 Å². The van der Waals surface area contributed by atoms with Gasteiger partial charge in [-0.05, 0) is 49.0 Å². The van der Waals surface area contributed by atoms with Gasteiger partial charge >= 0.3 is 0 Å². The van der Waals surface area contributed by atoms with Gasteiger partial charge in [0.25, 0.3) is 0 Å². The maximum absolute atomic E-state index is 6.20. The van der Waals surface area contributed by atoms with Crippen LogP contribution in [0.3, 0.4) is 0 Å². The first-order chi connectivity index (χ1) is 7.94. The number of nitrogens with one attached hydrogen (secondary N) is 1. The van der Waals surface area contributed by atoms with Gasteiger partial charge in [0.2, 0.25) is 0 Å². The molecule has 0 amide bonds. The van der Waals surface area contributed by atoms with Crippen molar-refractivity contribution >= 4 is 23.2 Å². The number of benzene rings is 1. The molecule has 1 rings (SSSR count). The van der Waals surface area contributed by atoms with Crippen LogP contribution in [0.1, 0.15) is 32.8 Å². The predicted octanol–water partition coefficient (Wildman–Crippen LogP) is 4.56. The normalized spacial score (nSPS) is 11.8. The maximum atomic E-state index is 6.20. The molecular formula is C14H21Cl2N. The van der Waals surface area contributed by atoms with E-state index in [4.69, 9.17) is 23.2 Å². The van der Waals surface area contributed by atoms with E-state index in [2.05, 4.69) is 26.1 Å². The Kier molecular flexibility index (Phi) is 5.78. The smallest absolute Gasteiger partial charge is 0.0453 e. The molecule has 0 atom stereocenters. The van der Waals surface area contributed by atoms with Crippen molar-refractivity contribution in [3.63, 3.8) is 0 Å². The van der Waals surface area contributed by atoms with Crippen LogP contribution < -0.4 is 5.32 Å².